The molecule has 14 heteroatoms. The normalized spacial score (nSPS) is 16.9. The smallest absolute Gasteiger partial charge is 0.239 e. The zero-order valence-electron chi connectivity index (χ0n) is 22.2. The molecule has 3 aromatic rings. The first-order valence-corrected chi connectivity index (χ1v) is 15.0. The maximum Gasteiger partial charge on any atom is 0.239 e. The molecule has 5 rings (SSSR count). The number of carbonyl (C=O) groups is 2. The lowest BCUT2D eigenvalue weighted by Gasteiger charge is -2.26. The van der Waals surface area contributed by atoms with Crippen molar-refractivity contribution in [2.45, 2.75) is 6.92 Å². The molecule has 0 bridgehead atoms. The summed E-state index contributed by atoms with van der Waals surface area (Å²) in [5.41, 5.74) is 2.74. The van der Waals surface area contributed by atoms with Gasteiger partial charge < -0.3 is 30.7 Å². The van der Waals surface area contributed by atoms with Gasteiger partial charge >= 0.3 is 0 Å². The number of fused-ring (bicyclic) bond motifs is 2. The standard InChI is InChI=1S/C25H36N8O4S2/c1-17-22-18(38-24(30-22)28-15-20(34)26-2-4-32-6-10-36-11-7-32)14-19-23(17)31-25(39-19)29-16-21(35)27-3-5-33-8-12-37-13-9-33/h14H,2-13,15-16H2,1H3,(H,26,34)(H,27,35)(H,28,30)(H,29,31). The number of hydrogen-bond donors (Lipinski definition) is 4. The molecule has 1 aromatic carbocycles. The van der Waals surface area contributed by atoms with Gasteiger partial charge in [0.25, 0.3) is 0 Å². The van der Waals surface area contributed by atoms with Crippen molar-refractivity contribution in [1.82, 2.24) is 30.4 Å². The van der Waals surface area contributed by atoms with Gasteiger partial charge in [-0.05, 0) is 13.0 Å². The number of carbonyl (C=O) groups excluding carboxylic acids is 2. The van der Waals surface area contributed by atoms with Crippen molar-refractivity contribution in [3.8, 4) is 0 Å². The maximum absolute atomic E-state index is 12.3. The maximum atomic E-state index is 12.3. The van der Waals surface area contributed by atoms with Gasteiger partial charge in [-0.3, -0.25) is 19.4 Å². The van der Waals surface area contributed by atoms with E-state index in [4.69, 9.17) is 19.4 Å². The van der Waals surface area contributed by atoms with Crippen molar-refractivity contribution in [3.05, 3.63) is 11.6 Å². The number of benzene rings is 1. The van der Waals surface area contributed by atoms with Crippen molar-refractivity contribution >= 4 is 65.2 Å². The summed E-state index contributed by atoms with van der Waals surface area (Å²) in [6.45, 7) is 11.9. The molecule has 2 aliphatic heterocycles. The van der Waals surface area contributed by atoms with E-state index in [2.05, 4.69) is 37.1 Å². The average molecular weight is 577 g/mol. The molecule has 0 atom stereocenters. The molecule has 2 aliphatic rings. The minimum atomic E-state index is -0.0530. The van der Waals surface area contributed by atoms with Gasteiger partial charge in [-0.15, -0.1) is 0 Å². The molecule has 4 N–H and O–H groups in total. The predicted octanol–water partition coefficient (Wildman–Crippen LogP) is 0.935. The Hall–Kier alpha value is -2.62. The highest BCUT2D eigenvalue weighted by Gasteiger charge is 2.16. The largest absolute Gasteiger partial charge is 0.379 e. The van der Waals surface area contributed by atoms with Crippen LogP contribution < -0.4 is 21.3 Å². The molecule has 2 aromatic heterocycles. The summed E-state index contributed by atoms with van der Waals surface area (Å²) in [7, 11) is 0. The molecular formula is C25H36N8O4S2. The number of amides is 2. The molecule has 4 heterocycles. The molecule has 12 nitrogen and oxygen atoms in total. The quantitative estimate of drug-likeness (QED) is 0.247. The third-order valence-electron chi connectivity index (χ3n) is 6.79. The molecule has 0 spiro atoms. The van der Waals surface area contributed by atoms with Crippen LogP contribution in [0.25, 0.3) is 20.4 Å². The van der Waals surface area contributed by atoms with Gasteiger partial charge in [-0.2, -0.15) is 0 Å². The van der Waals surface area contributed by atoms with Crippen LogP contribution in [0.5, 0.6) is 0 Å². The molecular weight excluding hydrogens is 540 g/mol. The van der Waals surface area contributed by atoms with E-state index in [0.29, 0.717) is 23.4 Å². The van der Waals surface area contributed by atoms with E-state index in [9.17, 15) is 9.59 Å². The fourth-order valence-electron chi connectivity index (χ4n) is 4.57. The lowest BCUT2D eigenvalue weighted by molar-refractivity contribution is -0.120. The fourth-order valence-corrected chi connectivity index (χ4v) is 6.57. The first-order chi connectivity index (χ1) is 19.0. The van der Waals surface area contributed by atoms with Gasteiger partial charge in [0.1, 0.15) is 0 Å². The van der Waals surface area contributed by atoms with E-state index in [1.54, 1.807) is 0 Å². The fraction of sp³-hybridized carbons (Fsp3) is 0.600. The second-order valence-electron chi connectivity index (χ2n) is 9.55. The Labute approximate surface area is 235 Å². The van der Waals surface area contributed by atoms with Crippen LogP contribution in [0.3, 0.4) is 0 Å². The molecule has 2 saturated heterocycles. The zero-order chi connectivity index (χ0) is 27.0. The van der Waals surface area contributed by atoms with Crippen molar-refractivity contribution in [1.29, 1.82) is 0 Å². The highest BCUT2D eigenvalue weighted by atomic mass is 32.1. The van der Waals surface area contributed by atoms with Gasteiger partial charge in [0, 0.05) is 57.9 Å². The van der Waals surface area contributed by atoms with Crippen molar-refractivity contribution in [3.63, 3.8) is 0 Å². The van der Waals surface area contributed by atoms with Crippen LogP contribution in [0.15, 0.2) is 6.07 Å². The number of morpholine rings is 2. The number of ether oxygens (including phenoxy) is 2. The van der Waals surface area contributed by atoms with Gasteiger partial charge in [0.05, 0.1) is 60.0 Å². The van der Waals surface area contributed by atoms with Gasteiger partial charge in [0.15, 0.2) is 10.3 Å². The van der Waals surface area contributed by atoms with E-state index < -0.39 is 0 Å². The van der Waals surface area contributed by atoms with Crippen LogP contribution in [0.4, 0.5) is 10.3 Å². The van der Waals surface area contributed by atoms with E-state index in [1.807, 2.05) is 6.92 Å². The zero-order valence-corrected chi connectivity index (χ0v) is 23.8. The van der Waals surface area contributed by atoms with E-state index in [1.165, 1.54) is 22.7 Å². The van der Waals surface area contributed by atoms with E-state index >= 15 is 0 Å². The van der Waals surface area contributed by atoms with E-state index in [-0.39, 0.29) is 24.9 Å². The summed E-state index contributed by atoms with van der Waals surface area (Å²) in [4.78, 5) is 38.6. The highest BCUT2D eigenvalue weighted by molar-refractivity contribution is 7.24. The first kappa shape index (κ1) is 27.9. The number of rotatable bonds is 12. The molecule has 2 amide bonds. The molecule has 39 heavy (non-hydrogen) atoms. The Morgan fingerprint density at radius 1 is 0.795 bits per heavy atom. The lowest BCUT2D eigenvalue weighted by atomic mass is 10.2. The third-order valence-corrected chi connectivity index (χ3v) is 8.71. The van der Waals surface area contributed by atoms with Gasteiger partial charge in [0.2, 0.25) is 11.8 Å². The monoisotopic (exact) mass is 576 g/mol. The number of thiazole rings is 2. The van der Waals surface area contributed by atoms with Crippen LogP contribution in [0.1, 0.15) is 5.56 Å². The van der Waals surface area contributed by atoms with Gasteiger partial charge in [-0.1, -0.05) is 22.7 Å². The first-order valence-electron chi connectivity index (χ1n) is 13.4. The minimum Gasteiger partial charge on any atom is -0.379 e. The second-order valence-corrected chi connectivity index (χ2v) is 11.6. The van der Waals surface area contributed by atoms with Crippen LogP contribution >= 0.6 is 22.7 Å². The minimum absolute atomic E-state index is 0.0530. The van der Waals surface area contributed by atoms with Crippen LogP contribution in [-0.2, 0) is 19.1 Å². The number of aromatic nitrogens is 2. The Morgan fingerprint density at radius 3 is 1.67 bits per heavy atom. The summed E-state index contributed by atoms with van der Waals surface area (Å²) in [6, 6.07) is 2.08. The molecule has 0 saturated carbocycles. The van der Waals surface area contributed by atoms with Crippen molar-refractivity contribution in [2.24, 2.45) is 0 Å². The lowest BCUT2D eigenvalue weighted by Crippen LogP contribution is -2.42. The molecule has 2 fully saturated rings. The number of anilines is 2. The van der Waals surface area contributed by atoms with Crippen LogP contribution in [0.2, 0.25) is 0 Å². The summed E-state index contributed by atoms with van der Waals surface area (Å²) >= 11 is 3.04. The summed E-state index contributed by atoms with van der Waals surface area (Å²) in [5, 5.41) is 13.7. The number of aryl methyl sites for hydroxylation is 1. The van der Waals surface area contributed by atoms with Crippen LogP contribution in [0, 0.1) is 6.92 Å². The topological polar surface area (TPSA) is 133 Å². The molecule has 212 valence electrons. The number of hydrogen-bond acceptors (Lipinski definition) is 12. The number of nitrogens with zero attached hydrogens (tertiary/aromatic N) is 4. The Morgan fingerprint density at radius 2 is 1.23 bits per heavy atom. The highest BCUT2D eigenvalue weighted by Crippen LogP contribution is 2.36. The van der Waals surface area contributed by atoms with E-state index in [0.717, 1.165) is 91.7 Å². The Bertz CT molecular complexity index is 1180. The summed E-state index contributed by atoms with van der Waals surface area (Å²) in [6.07, 6.45) is 0. The second kappa shape index (κ2) is 13.6. The number of nitrogens with one attached hydrogen (secondary N) is 4. The Balaban J connectivity index is 1.09. The third kappa shape index (κ3) is 7.74. The molecule has 0 aliphatic carbocycles. The van der Waals surface area contributed by atoms with Crippen molar-refractivity contribution in [2.75, 3.05) is 103 Å². The average Bonchev–Trinajstić information content (AvgIpc) is 3.56. The summed E-state index contributed by atoms with van der Waals surface area (Å²) in [5.74, 6) is -0.106. The SMILES string of the molecule is Cc1c2nc(NCC(=O)NCCN3CCOCC3)sc2cc2sc(NCC(=O)NCCN3CCOCC3)nc12. The summed E-state index contributed by atoms with van der Waals surface area (Å²) < 4.78 is 12.8. The van der Waals surface area contributed by atoms with Crippen LogP contribution in [-0.4, -0.2) is 123 Å². The van der Waals surface area contributed by atoms with Gasteiger partial charge in [-0.25, -0.2) is 9.97 Å². The Kier molecular flexibility index (Phi) is 9.76. The predicted molar refractivity (Wildman–Crippen MR) is 155 cm³/mol. The molecule has 0 unspecified atom stereocenters. The van der Waals surface area contributed by atoms with Crippen molar-refractivity contribution < 1.29 is 19.1 Å². The molecule has 0 radical (unpaired) electrons.